The summed E-state index contributed by atoms with van der Waals surface area (Å²) >= 11 is 6.57. The molecule has 222 valence electrons. The molecular weight excluding hydrogens is 582 g/mol. The van der Waals surface area contributed by atoms with Gasteiger partial charge in [-0.05, 0) is 51.2 Å². The van der Waals surface area contributed by atoms with Gasteiger partial charge in [0.15, 0.2) is 17.7 Å². The van der Waals surface area contributed by atoms with Crippen LogP contribution in [0.4, 0.5) is 8.78 Å². The zero-order valence-electron chi connectivity index (χ0n) is 23.6. The van der Waals surface area contributed by atoms with Gasteiger partial charge in [0.2, 0.25) is 5.91 Å². The largest absolute Gasteiger partial charge is 0.487 e. The zero-order chi connectivity index (χ0) is 30.5. The van der Waals surface area contributed by atoms with Crippen molar-refractivity contribution in [3.63, 3.8) is 0 Å². The molecule has 1 atom stereocenters. The van der Waals surface area contributed by atoms with Crippen molar-refractivity contribution in [1.82, 2.24) is 29.8 Å². The Bertz CT molecular complexity index is 1830. The van der Waals surface area contributed by atoms with Gasteiger partial charge < -0.3 is 14.8 Å². The third-order valence-corrected chi connectivity index (χ3v) is 7.72. The standard InChI is InChI=1S/C30H27ClF2N6O4/c1-15(40)38-30(2,3)29-34-9-8-19(37-29)25-24(33)27-16(12-35-25)6-4-5-7-18-11-20(23(31)28(41)39(18)27)43-22-14-42-21-10-17(32)13-36-26(21)22/h8-13,22H,4-7,14H2,1-3H3,(H,38,40). The van der Waals surface area contributed by atoms with Crippen LogP contribution in [0.3, 0.4) is 0 Å². The molecule has 0 saturated heterocycles. The first kappa shape index (κ1) is 28.7. The summed E-state index contributed by atoms with van der Waals surface area (Å²) in [5.41, 5.74) is 0.0191. The maximum atomic E-state index is 16.5. The molecule has 0 aliphatic carbocycles. The Morgan fingerprint density at radius 3 is 2.74 bits per heavy atom. The van der Waals surface area contributed by atoms with Crippen molar-refractivity contribution in [3.05, 3.63) is 86.6 Å². The van der Waals surface area contributed by atoms with Crippen LogP contribution in [-0.4, -0.2) is 37.0 Å². The van der Waals surface area contributed by atoms with Crippen molar-refractivity contribution in [2.75, 3.05) is 6.61 Å². The van der Waals surface area contributed by atoms with Crippen molar-refractivity contribution in [2.24, 2.45) is 0 Å². The number of nitrogens with zero attached hydrogens (tertiary/aromatic N) is 5. The lowest BCUT2D eigenvalue weighted by molar-refractivity contribution is -0.120. The molecule has 1 N–H and O–H groups in total. The minimum Gasteiger partial charge on any atom is -0.487 e. The van der Waals surface area contributed by atoms with Crippen LogP contribution < -0.4 is 20.3 Å². The summed E-state index contributed by atoms with van der Waals surface area (Å²) in [6, 6.07) is 4.36. The molecule has 0 aromatic carbocycles. The van der Waals surface area contributed by atoms with E-state index in [1.54, 1.807) is 26.1 Å². The lowest BCUT2D eigenvalue weighted by Crippen LogP contribution is -2.41. The molecule has 13 heteroatoms. The molecule has 1 amide bonds. The summed E-state index contributed by atoms with van der Waals surface area (Å²) in [6.45, 7) is 4.92. The van der Waals surface area contributed by atoms with Crippen LogP contribution in [0.1, 0.15) is 62.5 Å². The van der Waals surface area contributed by atoms with E-state index in [4.69, 9.17) is 21.1 Å². The van der Waals surface area contributed by atoms with E-state index in [1.165, 1.54) is 29.8 Å². The number of carbonyl (C=O) groups is 1. The van der Waals surface area contributed by atoms with Crippen molar-refractivity contribution < 1.29 is 23.0 Å². The summed E-state index contributed by atoms with van der Waals surface area (Å²) < 4.78 is 43.0. The van der Waals surface area contributed by atoms with E-state index in [1.807, 2.05) is 0 Å². The number of amides is 1. The number of ether oxygens (including phenoxy) is 2. The molecule has 43 heavy (non-hydrogen) atoms. The van der Waals surface area contributed by atoms with Crippen LogP contribution in [0.2, 0.25) is 5.02 Å². The third kappa shape index (κ3) is 5.31. The molecule has 4 aromatic rings. The molecule has 2 aliphatic rings. The van der Waals surface area contributed by atoms with E-state index >= 15 is 4.39 Å². The second kappa shape index (κ2) is 11.0. The molecule has 0 fully saturated rings. The maximum absolute atomic E-state index is 16.5. The highest BCUT2D eigenvalue weighted by Crippen LogP contribution is 2.37. The normalized spacial score (nSPS) is 15.8. The Morgan fingerprint density at radius 2 is 1.95 bits per heavy atom. The molecule has 6 rings (SSSR count). The smallest absolute Gasteiger partial charge is 0.278 e. The number of fused-ring (bicyclic) bond motifs is 4. The number of aryl methyl sites for hydroxylation is 2. The second-order valence-corrected chi connectivity index (χ2v) is 11.4. The predicted octanol–water partition coefficient (Wildman–Crippen LogP) is 4.78. The Labute approximate surface area is 250 Å². The first-order valence-electron chi connectivity index (χ1n) is 13.7. The van der Waals surface area contributed by atoms with Gasteiger partial charge in [-0.2, -0.15) is 0 Å². The van der Waals surface area contributed by atoms with Gasteiger partial charge in [-0.25, -0.2) is 18.7 Å². The molecule has 10 nitrogen and oxygen atoms in total. The van der Waals surface area contributed by atoms with E-state index in [0.29, 0.717) is 29.8 Å². The lowest BCUT2D eigenvalue weighted by Gasteiger charge is -2.24. The average Bonchev–Trinajstić information content (AvgIpc) is 3.34. The van der Waals surface area contributed by atoms with E-state index in [0.717, 1.165) is 19.0 Å². The van der Waals surface area contributed by atoms with E-state index in [2.05, 4.69) is 25.3 Å². The first-order valence-corrected chi connectivity index (χ1v) is 14.1. The Morgan fingerprint density at radius 1 is 1.16 bits per heavy atom. The summed E-state index contributed by atoms with van der Waals surface area (Å²) in [5.74, 6) is -0.920. The van der Waals surface area contributed by atoms with Crippen LogP contribution in [0.25, 0.3) is 17.1 Å². The van der Waals surface area contributed by atoms with Crippen molar-refractivity contribution in [3.8, 4) is 28.6 Å². The fraction of sp³-hybridized carbons (Fsp3) is 0.333. The van der Waals surface area contributed by atoms with Crippen molar-refractivity contribution >= 4 is 17.5 Å². The van der Waals surface area contributed by atoms with E-state index < -0.39 is 28.8 Å². The number of aromatic nitrogens is 5. The van der Waals surface area contributed by atoms with Crippen LogP contribution >= 0.6 is 11.6 Å². The SMILES string of the molecule is CC(=O)NC(C)(C)c1nccc(-c2ncc3c(c2F)-n2c(cc(OC4COc5cc(F)cnc54)c(Cl)c2=O)CCCC3)n1. The number of pyridine rings is 3. The summed E-state index contributed by atoms with van der Waals surface area (Å²) in [5, 5.41) is 2.54. The lowest BCUT2D eigenvalue weighted by atomic mass is 10.0. The van der Waals surface area contributed by atoms with Crippen LogP contribution in [0.15, 0.2) is 41.6 Å². The summed E-state index contributed by atoms with van der Waals surface area (Å²) in [4.78, 5) is 42.8. The predicted molar refractivity (Wildman–Crippen MR) is 152 cm³/mol. The Balaban J connectivity index is 1.44. The summed E-state index contributed by atoms with van der Waals surface area (Å²) in [7, 11) is 0. The van der Waals surface area contributed by atoms with Crippen molar-refractivity contribution in [1.29, 1.82) is 0 Å². The Hall–Kier alpha value is -4.45. The molecule has 0 saturated carbocycles. The van der Waals surface area contributed by atoms with E-state index in [9.17, 15) is 14.0 Å². The molecule has 4 aromatic heterocycles. The van der Waals surface area contributed by atoms with Crippen LogP contribution in [0.5, 0.6) is 11.5 Å². The van der Waals surface area contributed by atoms with Gasteiger partial charge in [0.25, 0.3) is 5.56 Å². The fourth-order valence-electron chi connectivity index (χ4n) is 5.43. The number of hydrogen-bond acceptors (Lipinski definition) is 8. The molecule has 0 spiro atoms. The quantitative estimate of drug-likeness (QED) is 0.344. The van der Waals surface area contributed by atoms with Gasteiger partial charge in [-0.15, -0.1) is 0 Å². The Kier molecular flexibility index (Phi) is 7.33. The highest BCUT2D eigenvalue weighted by molar-refractivity contribution is 6.31. The molecule has 0 radical (unpaired) electrons. The monoisotopic (exact) mass is 608 g/mol. The highest BCUT2D eigenvalue weighted by atomic mass is 35.5. The van der Waals surface area contributed by atoms with Gasteiger partial charge in [0.05, 0.1) is 23.1 Å². The fourth-order valence-corrected chi connectivity index (χ4v) is 5.61. The van der Waals surface area contributed by atoms with Gasteiger partial charge >= 0.3 is 0 Å². The zero-order valence-corrected chi connectivity index (χ0v) is 24.3. The third-order valence-electron chi connectivity index (χ3n) is 7.37. The van der Waals surface area contributed by atoms with Gasteiger partial charge in [-0.3, -0.25) is 24.1 Å². The second-order valence-electron chi connectivity index (χ2n) is 11.0. The molecule has 2 aliphatic heterocycles. The first-order chi connectivity index (χ1) is 20.5. The highest BCUT2D eigenvalue weighted by Gasteiger charge is 2.31. The van der Waals surface area contributed by atoms with Gasteiger partial charge in [0, 0.05) is 37.1 Å². The minimum atomic E-state index is -0.927. The average molecular weight is 609 g/mol. The maximum Gasteiger partial charge on any atom is 0.278 e. The van der Waals surface area contributed by atoms with Crippen LogP contribution in [0, 0.1) is 11.6 Å². The number of hydrogen-bond donors (Lipinski definition) is 1. The molecule has 6 heterocycles. The number of rotatable bonds is 5. The van der Waals surface area contributed by atoms with Crippen LogP contribution in [-0.2, 0) is 23.2 Å². The molecule has 1 unspecified atom stereocenters. The minimum absolute atomic E-state index is 0.0473. The van der Waals surface area contributed by atoms with E-state index in [-0.39, 0.29) is 51.9 Å². The number of halogens is 3. The number of carbonyl (C=O) groups excluding carboxylic acids is 1. The van der Waals surface area contributed by atoms with Gasteiger partial charge in [-0.1, -0.05) is 11.6 Å². The van der Waals surface area contributed by atoms with Gasteiger partial charge in [0.1, 0.15) is 40.3 Å². The summed E-state index contributed by atoms with van der Waals surface area (Å²) in [6.07, 6.45) is 5.80. The topological polar surface area (TPSA) is 121 Å². The number of nitrogens with one attached hydrogen (secondary N) is 1. The van der Waals surface area contributed by atoms with Crippen molar-refractivity contribution in [2.45, 2.75) is 58.1 Å². The molecular formula is C30H27ClF2N6O4. The molecule has 0 bridgehead atoms.